The van der Waals surface area contributed by atoms with E-state index in [1.165, 1.54) is 0 Å². The Balaban J connectivity index is 1.90. The second-order valence-corrected chi connectivity index (χ2v) is 5.69. The van der Waals surface area contributed by atoms with Crippen molar-refractivity contribution in [3.05, 3.63) is 58.4 Å². The Morgan fingerprint density at radius 2 is 1.90 bits per heavy atom. The number of para-hydroxylation sites is 1. The van der Waals surface area contributed by atoms with Gasteiger partial charge < -0.3 is 5.32 Å². The third-order valence-electron chi connectivity index (χ3n) is 3.13. The van der Waals surface area contributed by atoms with Gasteiger partial charge in [0.05, 0.1) is 11.2 Å². The largest absolute Gasteiger partial charge is 0.378 e. The van der Waals surface area contributed by atoms with E-state index in [4.69, 9.17) is 0 Å². The molecule has 1 aromatic heterocycles. The molecule has 2 aromatic carbocycles. The zero-order chi connectivity index (χ0) is 15.0. The molecule has 0 spiro atoms. The molecule has 108 valence electrons. The number of nitrogens with zero attached hydrogens (tertiary/aromatic N) is 1. The molecule has 3 rings (SSSR count). The molecule has 0 unspecified atom stereocenters. The average molecular weight is 308 g/mol. The van der Waals surface area contributed by atoms with Crippen molar-refractivity contribution in [3.8, 4) is 0 Å². The van der Waals surface area contributed by atoms with Gasteiger partial charge in [-0.05, 0) is 18.6 Å². The molecule has 1 heterocycles. The molecule has 0 aliphatic carbocycles. The van der Waals surface area contributed by atoms with Gasteiger partial charge in [-0.2, -0.15) is 0 Å². The van der Waals surface area contributed by atoms with E-state index < -0.39 is 17.5 Å². The first-order chi connectivity index (χ1) is 10.1. The second-order valence-electron chi connectivity index (χ2n) is 4.61. The Hall–Kier alpha value is -2.08. The minimum absolute atomic E-state index is 0.0375. The minimum atomic E-state index is -1.22. The number of aryl methyl sites for hydroxylation is 1. The fraction of sp³-hybridized carbons (Fsp3) is 0.133. The van der Waals surface area contributed by atoms with Gasteiger partial charge in [-0.1, -0.05) is 18.2 Å². The molecule has 0 radical (unpaired) electrons. The highest BCUT2D eigenvalue weighted by Gasteiger charge is 2.17. The fourth-order valence-corrected chi connectivity index (χ4v) is 2.95. The monoisotopic (exact) mass is 308 g/mol. The quantitative estimate of drug-likeness (QED) is 0.713. The summed E-state index contributed by atoms with van der Waals surface area (Å²) >= 11 is 1.02. The molecule has 0 aliphatic heterocycles. The normalized spacial score (nSPS) is 11.0. The summed E-state index contributed by atoms with van der Waals surface area (Å²) in [5.74, 6) is -3.11. The summed E-state index contributed by atoms with van der Waals surface area (Å²) in [6.45, 7) is 2.28. The van der Waals surface area contributed by atoms with Crippen LogP contribution in [-0.4, -0.2) is 4.98 Å². The van der Waals surface area contributed by atoms with E-state index in [2.05, 4.69) is 10.3 Å². The standard InChI is InChI=1S/C15H11F3N2S/c1-8-4-2-3-5-11(8)19-7-12-20-14-13(18)9(16)6-10(17)15(14)21-12/h2-6,19H,7H2,1H3. The molecule has 2 nitrogen and oxygen atoms in total. The Kier molecular flexibility index (Phi) is 3.55. The van der Waals surface area contributed by atoms with Crippen LogP contribution in [0.4, 0.5) is 18.9 Å². The van der Waals surface area contributed by atoms with Gasteiger partial charge in [0.15, 0.2) is 11.6 Å². The lowest BCUT2D eigenvalue weighted by molar-refractivity contribution is 0.504. The Morgan fingerprint density at radius 3 is 2.67 bits per heavy atom. The van der Waals surface area contributed by atoms with Gasteiger partial charge in [0.1, 0.15) is 16.3 Å². The second kappa shape index (κ2) is 5.37. The maximum atomic E-state index is 13.6. The number of thiazole rings is 1. The van der Waals surface area contributed by atoms with E-state index in [1.54, 1.807) is 0 Å². The van der Waals surface area contributed by atoms with Crippen LogP contribution in [-0.2, 0) is 6.54 Å². The van der Waals surface area contributed by atoms with Crippen LogP contribution < -0.4 is 5.32 Å². The molecule has 0 saturated carbocycles. The highest BCUT2D eigenvalue weighted by Crippen LogP contribution is 2.29. The summed E-state index contributed by atoms with van der Waals surface area (Å²) < 4.78 is 40.4. The third-order valence-corrected chi connectivity index (χ3v) is 4.20. The van der Waals surface area contributed by atoms with Crippen LogP contribution in [0.25, 0.3) is 10.2 Å². The lowest BCUT2D eigenvalue weighted by Crippen LogP contribution is -2.00. The number of nitrogens with one attached hydrogen (secondary N) is 1. The predicted molar refractivity (Wildman–Crippen MR) is 78.0 cm³/mol. The van der Waals surface area contributed by atoms with E-state index in [1.807, 2.05) is 31.2 Å². The molecule has 6 heteroatoms. The molecule has 1 N–H and O–H groups in total. The first-order valence-corrected chi connectivity index (χ1v) is 7.10. The van der Waals surface area contributed by atoms with Crippen molar-refractivity contribution < 1.29 is 13.2 Å². The maximum absolute atomic E-state index is 13.6. The highest BCUT2D eigenvalue weighted by molar-refractivity contribution is 7.18. The fourth-order valence-electron chi connectivity index (χ4n) is 2.05. The molecule has 0 atom stereocenters. The summed E-state index contributed by atoms with van der Waals surface area (Å²) in [6, 6.07) is 8.22. The van der Waals surface area contributed by atoms with Gasteiger partial charge >= 0.3 is 0 Å². The SMILES string of the molecule is Cc1ccccc1NCc1nc2c(F)c(F)cc(F)c2s1. The van der Waals surface area contributed by atoms with Gasteiger partial charge in [0.25, 0.3) is 0 Å². The van der Waals surface area contributed by atoms with Crippen LogP contribution in [0.3, 0.4) is 0 Å². The number of hydrogen-bond acceptors (Lipinski definition) is 3. The van der Waals surface area contributed by atoms with Gasteiger partial charge in [-0.25, -0.2) is 18.2 Å². The molecule has 0 fully saturated rings. The van der Waals surface area contributed by atoms with Crippen molar-refractivity contribution in [2.24, 2.45) is 0 Å². The van der Waals surface area contributed by atoms with Crippen molar-refractivity contribution in [3.63, 3.8) is 0 Å². The number of halogens is 3. The lowest BCUT2D eigenvalue weighted by Gasteiger charge is -2.06. The molecule has 0 bridgehead atoms. The molecule has 0 aliphatic rings. The van der Waals surface area contributed by atoms with Gasteiger partial charge in [0.2, 0.25) is 0 Å². The van der Waals surface area contributed by atoms with E-state index >= 15 is 0 Å². The van der Waals surface area contributed by atoms with E-state index in [9.17, 15) is 13.2 Å². The van der Waals surface area contributed by atoms with Crippen LogP contribution in [0.15, 0.2) is 30.3 Å². The van der Waals surface area contributed by atoms with Crippen LogP contribution in [0.1, 0.15) is 10.6 Å². The molecule has 21 heavy (non-hydrogen) atoms. The third kappa shape index (κ3) is 2.58. The molecular weight excluding hydrogens is 297 g/mol. The predicted octanol–water partition coefficient (Wildman–Crippen LogP) is 4.63. The zero-order valence-electron chi connectivity index (χ0n) is 11.1. The van der Waals surface area contributed by atoms with Gasteiger partial charge in [-0.15, -0.1) is 11.3 Å². The van der Waals surface area contributed by atoms with Gasteiger partial charge in [0, 0.05) is 11.8 Å². The number of anilines is 1. The van der Waals surface area contributed by atoms with Crippen molar-refractivity contribution in [1.82, 2.24) is 4.98 Å². The van der Waals surface area contributed by atoms with Crippen molar-refractivity contribution in [1.29, 1.82) is 0 Å². The number of benzene rings is 2. The smallest absolute Gasteiger partial charge is 0.186 e. The van der Waals surface area contributed by atoms with Crippen LogP contribution in [0, 0.1) is 24.4 Å². The number of fused-ring (bicyclic) bond motifs is 1. The highest BCUT2D eigenvalue weighted by atomic mass is 32.1. The zero-order valence-corrected chi connectivity index (χ0v) is 11.9. The summed E-state index contributed by atoms with van der Waals surface area (Å²) in [7, 11) is 0. The van der Waals surface area contributed by atoms with E-state index in [0.717, 1.165) is 22.6 Å². The topological polar surface area (TPSA) is 24.9 Å². The Labute approximate surface area is 123 Å². The minimum Gasteiger partial charge on any atom is -0.378 e. The van der Waals surface area contributed by atoms with Crippen LogP contribution >= 0.6 is 11.3 Å². The maximum Gasteiger partial charge on any atom is 0.186 e. The molecular formula is C15H11F3N2S. The molecule has 3 aromatic rings. The molecule has 0 amide bonds. The van der Waals surface area contributed by atoms with Gasteiger partial charge in [-0.3, -0.25) is 0 Å². The van der Waals surface area contributed by atoms with Crippen molar-refractivity contribution >= 4 is 27.2 Å². The summed E-state index contributed by atoms with van der Waals surface area (Å²) in [5.41, 5.74) is 1.73. The van der Waals surface area contributed by atoms with Crippen LogP contribution in [0.5, 0.6) is 0 Å². The summed E-state index contributed by atoms with van der Waals surface area (Å²) in [5, 5.41) is 3.65. The number of aromatic nitrogens is 1. The first kappa shape index (κ1) is 13.9. The number of hydrogen-bond donors (Lipinski definition) is 1. The van der Waals surface area contributed by atoms with Crippen LogP contribution in [0.2, 0.25) is 0 Å². The Morgan fingerprint density at radius 1 is 1.14 bits per heavy atom. The van der Waals surface area contributed by atoms with Crippen molar-refractivity contribution in [2.75, 3.05) is 5.32 Å². The van der Waals surface area contributed by atoms with E-state index in [-0.39, 0.29) is 10.2 Å². The average Bonchev–Trinajstić information content (AvgIpc) is 2.89. The summed E-state index contributed by atoms with van der Waals surface area (Å²) in [4.78, 5) is 3.98. The number of rotatable bonds is 3. The summed E-state index contributed by atoms with van der Waals surface area (Å²) in [6.07, 6.45) is 0. The lowest BCUT2D eigenvalue weighted by atomic mass is 10.2. The molecule has 0 saturated heterocycles. The Bertz CT molecular complexity index is 814. The first-order valence-electron chi connectivity index (χ1n) is 6.28. The van der Waals surface area contributed by atoms with E-state index in [0.29, 0.717) is 17.6 Å². The van der Waals surface area contributed by atoms with Crippen molar-refractivity contribution in [2.45, 2.75) is 13.5 Å².